The van der Waals surface area contributed by atoms with Crippen LogP contribution in [-0.2, 0) is 4.79 Å². The van der Waals surface area contributed by atoms with Crippen LogP contribution in [0.3, 0.4) is 0 Å². The van der Waals surface area contributed by atoms with E-state index in [0.717, 1.165) is 25.8 Å². The van der Waals surface area contributed by atoms with Crippen LogP contribution in [0.2, 0.25) is 0 Å². The van der Waals surface area contributed by atoms with Crippen LogP contribution < -0.4 is 5.32 Å². The van der Waals surface area contributed by atoms with E-state index in [-0.39, 0.29) is 0 Å². The van der Waals surface area contributed by atoms with Gasteiger partial charge in [-0.1, -0.05) is 0 Å². The summed E-state index contributed by atoms with van der Waals surface area (Å²) in [5.41, 5.74) is 0. The van der Waals surface area contributed by atoms with Crippen molar-refractivity contribution in [3.05, 3.63) is 0 Å². The summed E-state index contributed by atoms with van der Waals surface area (Å²) in [6, 6.07) is 0.505. The summed E-state index contributed by atoms with van der Waals surface area (Å²) in [5, 5.41) is 3.43. The van der Waals surface area contributed by atoms with Gasteiger partial charge in [-0.3, -0.25) is 4.79 Å². The molecule has 0 bridgehead atoms. The summed E-state index contributed by atoms with van der Waals surface area (Å²) < 4.78 is 36.4. The molecule has 0 aliphatic carbocycles. The lowest BCUT2D eigenvalue weighted by Crippen LogP contribution is -2.44. The third-order valence-electron chi connectivity index (χ3n) is 3.91. The number of amides is 1. The number of carbonyl (C=O) groups is 1. The molecule has 2 aliphatic rings. The largest absolute Gasteiger partial charge is 0.397 e. The van der Waals surface area contributed by atoms with Gasteiger partial charge in [0.15, 0.2) is 0 Å². The van der Waals surface area contributed by atoms with Crippen LogP contribution >= 0.6 is 0 Å². The Morgan fingerprint density at radius 3 is 2.39 bits per heavy atom. The van der Waals surface area contributed by atoms with Gasteiger partial charge in [-0.2, -0.15) is 13.2 Å². The zero-order valence-corrected chi connectivity index (χ0v) is 10.3. The lowest BCUT2D eigenvalue weighted by atomic mass is 9.88. The molecule has 1 N–H and O–H groups in total. The first-order valence-electron chi connectivity index (χ1n) is 6.53. The highest BCUT2D eigenvalue weighted by molar-refractivity contribution is 5.76. The van der Waals surface area contributed by atoms with Crippen molar-refractivity contribution in [3.63, 3.8) is 0 Å². The van der Waals surface area contributed by atoms with E-state index in [0.29, 0.717) is 25.0 Å². The third kappa shape index (κ3) is 3.60. The van der Waals surface area contributed by atoms with Crippen LogP contribution in [-0.4, -0.2) is 42.7 Å². The van der Waals surface area contributed by atoms with E-state index in [1.807, 2.05) is 0 Å². The van der Waals surface area contributed by atoms with Crippen LogP contribution in [0.25, 0.3) is 0 Å². The summed E-state index contributed by atoms with van der Waals surface area (Å²) in [4.78, 5) is 12.8. The van der Waals surface area contributed by atoms with E-state index in [4.69, 9.17) is 0 Å². The highest BCUT2D eigenvalue weighted by Gasteiger charge is 2.35. The molecule has 0 saturated carbocycles. The Labute approximate surface area is 105 Å². The number of hydrogen-bond donors (Lipinski definition) is 1. The van der Waals surface area contributed by atoms with Crippen molar-refractivity contribution in [3.8, 4) is 0 Å². The molecule has 2 fully saturated rings. The quantitative estimate of drug-likeness (QED) is 0.826. The number of rotatable bonds is 2. The van der Waals surface area contributed by atoms with Crippen LogP contribution in [0.5, 0.6) is 0 Å². The Morgan fingerprint density at radius 1 is 1.22 bits per heavy atom. The predicted molar refractivity (Wildman–Crippen MR) is 61.0 cm³/mol. The molecule has 18 heavy (non-hydrogen) atoms. The molecule has 104 valence electrons. The molecule has 1 atom stereocenters. The first kappa shape index (κ1) is 13.6. The number of nitrogens with zero attached hydrogens (tertiary/aromatic N) is 1. The standard InChI is InChI=1S/C12H19F3N2O/c13-12(14,15)8-11(18)17-6-3-9(4-7-17)10-2-1-5-16-10/h9-10,16H,1-8H2. The monoisotopic (exact) mass is 264 g/mol. The normalized spacial score (nSPS) is 26.6. The van der Waals surface area contributed by atoms with Gasteiger partial charge in [-0.05, 0) is 38.1 Å². The summed E-state index contributed by atoms with van der Waals surface area (Å²) in [7, 11) is 0. The maximum Gasteiger partial charge on any atom is 0.397 e. The predicted octanol–water partition coefficient (Wildman–Crippen LogP) is 1.93. The molecule has 0 aromatic carbocycles. The van der Waals surface area contributed by atoms with Crippen LogP contribution in [0.1, 0.15) is 32.1 Å². The smallest absolute Gasteiger partial charge is 0.342 e. The number of carbonyl (C=O) groups excluding carboxylic acids is 1. The van der Waals surface area contributed by atoms with Crippen LogP contribution in [0.15, 0.2) is 0 Å². The van der Waals surface area contributed by atoms with Crippen molar-refractivity contribution in [2.24, 2.45) is 5.92 Å². The summed E-state index contributed by atoms with van der Waals surface area (Å²) in [6.45, 7) is 1.98. The lowest BCUT2D eigenvalue weighted by molar-refractivity contribution is -0.162. The fraction of sp³-hybridized carbons (Fsp3) is 0.917. The number of alkyl halides is 3. The Kier molecular flexibility index (Phi) is 4.14. The fourth-order valence-corrected chi connectivity index (χ4v) is 2.95. The maximum absolute atomic E-state index is 12.1. The van der Waals surface area contributed by atoms with E-state index in [1.54, 1.807) is 0 Å². The second kappa shape index (κ2) is 5.47. The van der Waals surface area contributed by atoms with Gasteiger partial charge in [-0.15, -0.1) is 0 Å². The van der Waals surface area contributed by atoms with Gasteiger partial charge in [0.1, 0.15) is 6.42 Å². The molecular weight excluding hydrogens is 245 g/mol. The van der Waals surface area contributed by atoms with E-state index in [2.05, 4.69) is 5.32 Å². The fourth-order valence-electron chi connectivity index (χ4n) is 2.95. The second-order valence-electron chi connectivity index (χ2n) is 5.21. The molecule has 1 unspecified atom stereocenters. The first-order valence-corrected chi connectivity index (χ1v) is 6.53. The van der Waals surface area contributed by atoms with Gasteiger partial charge in [0, 0.05) is 19.1 Å². The second-order valence-corrected chi connectivity index (χ2v) is 5.21. The highest BCUT2D eigenvalue weighted by Crippen LogP contribution is 2.27. The molecule has 0 aromatic rings. The van der Waals surface area contributed by atoms with Gasteiger partial charge in [0.2, 0.25) is 5.91 Å². The Bertz CT molecular complexity index is 292. The minimum Gasteiger partial charge on any atom is -0.342 e. The Balaban J connectivity index is 1.77. The Hall–Kier alpha value is -0.780. The molecule has 2 saturated heterocycles. The van der Waals surface area contributed by atoms with Gasteiger partial charge >= 0.3 is 6.18 Å². The zero-order chi connectivity index (χ0) is 13.2. The molecular formula is C12H19F3N2O. The number of nitrogens with one attached hydrogen (secondary N) is 1. The number of hydrogen-bond acceptors (Lipinski definition) is 2. The van der Waals surface area contributed by atoms with Crippen molar-refractivity contribution in [2.45, 2.75) is 44.3 Å². The maximum atomic E-state index is 12.1. The van der Waals surface area contributed by atoms with Gasteiger partial charge < -0.3 is 10.2 Å². The molecule has 0 spiro atoms. The van der Waals surface area contributed by atoms with Crippen molar-refractivity contribution >= 4 is 5.91 Å². The summed E-state index contributed by atoms with van der Waals surface area (Å²) >= 11 is 0. The first-order chi connectivity index (χ1) is 8.46. The van der Waals surface area contributed by atoms with Gasteiger partial charge in [0.25, 0.3) is 0 Å². The average Bonchev–Trinajstić information content (AvgIpc) is 2.80. The molecule has 0 radical (unpaired) electrons. The Morgan fingerprint density at radius 2 is 1.89 bits per heavy atom. The van der Waals surface area contributed by atoms with E-state index >= 15 is 0 Å². The van der Waals surface area contributed by atoms with Crippen molar-refractivity contribution in [1.29, 1.82) is 0 Å². The zero-order valence-electron chi connectivity index (χ0n) is 10.3. The highest BCUT2D eigenvalue weighted by atomic mass is 19.4. The lowest BCUT2D eigenvalue weighted by Gasteiger charge is -2.35. The minimum atomic E-state index is -4.39. The van der Waals surface area contributed by atoms with Crippen LogP contribution in [0, 0.1) is 5.92 Å². The molecule has 0 aromatic heterocycles. The average molecular weight is 264 g/mol. The molecule has 2 heterocycles. The van der Waals surface area contributed by atoms with E-state index in [1.165, 1.54) is 11.3 Å². The topological polar surface area (TPSA) is 32.3 Å². The number of likely N-dealkylation sites (tertiary alicyclic amines) is 1. The molecule has 2 aliphatic heterocycles. The van der Waals surface area contributed by atoms with Crippen LogP contribution in [0.4, 0.5) is 13.2 Å². The number of piperidine rings is 1. The molecule has 1 amide bonds. The van der Waals surface area contributed by atoms with Gasteiger partial charge in [0.05, 0.1) is 0 Å². The molecule has 6 heteroatoms. The van der Waals surface area contributed by atoms with Crippen molar-refractivity contribution in [2.75, 3.05) is 19.6 Å². The van der Waals surface area contributed by atoms with Gasteiger partial charge in [-0.25, -0.2) is 0 Å². The minimum absolute atomic E-state index is 0.470. The number of halogens is 3. The van der Waals surface area contributed by atoms with E-state index in [9.17, 15) is 18.0 Å². The third-order valence-corrected chi connectivity index (χ3v) is 3.91. The van der Waals surface area contributed by atoms with Crippen molar-refractivity contribution < 1.29 is 18.0 Å². The molecule has 2 rings (SSSR count). The summed E-state index contributed by atoms with van der Waals surface area (Å²) in [6.07, 6.45) is -1.73. The summed E-state index contributed by atoms with van der Waals surface area (Å²) in [5.74, 6) is -0.261. The SMILES string of the molecule is O=C(CC(F)(F)F)N1CCC(C2CCCN2)CC1. The van der Waals surface area contributed by atoms with Crippen molar-refractivity contribution in [1.82, 2.24) is 10.2 Å². The molecule has 3 nitrogen and oxygen atoms in total. The van der Waals surface area contributed by atoms with E-state index < -0.39 is 18.5 Å².